The number of carbonyl (C=O) groups excluding carboxylic acids is 1. The Balaban J connectivity index is 1.07. The maximum absolute atomic E-state index is 14.7. The molecule has 12 heteroatoms. The number of benzene rings is 2. The molecule has 1 amide bonds. The molecule has 0 radical (unpaired) electrons. The van der Waals surface area contributed by atoms with Gasteiger partial charge in [-0.05, 0) is 43.7 Å². The lowest BCUT2D eigenvalue weighted by molar-refractivity contribution is 0.0965. The molecule has 5 rings (SSSR count). The van der Waals surface area contributed by atoms with Gasteiger partial charge < -0.3 is 29.6 Å². The predicted molar refractivity (Wildman–Crippen MR) is 146 cm³/mol. The Morgan fingerprint density at radius 3 is 2.70 bits per heavy atom. The number of piperazine rings is 1. The number of hydrogen-bond donors (Lipinski definition) is 2. The van der Waals surface area contributed by atoms with Crippen LogP contribution in [0.3, 0.4) is 0 Å². The number of aromatic nitrogens is 2. The van der Waals surface area contributed by atoms with Crippen molar-refractivity contribution in [2.45, 2.75) is 26.4 Å². The van der Waals surface area contributed by atoms with Crippen LogP contribution in [0.15, 0.2) is 48.7 Å². The fraction of sp³-hybridized carbons (Fsp3) is 0.393. The van der Waals surface area contributed by atoms with Gasteiger partial charge in [-0.15, -0.1) is 0 Å². The number of ether oxygens (including phenoxy) is 4. The van der Waals surface area contributed by atoms with Crippen LogP contribution < -0.4 is 29.6 Å². The van der Waals surface area contributed by atoms with Crippen molar-refractivity contribution < 1.29 is 28.1 Å². The molecule has 3 heterocycles. The second-order valence-corrected chi connectivity index (χ2v) is 9.74. The van der Waals surface area contributed by atoms with Gasteiger partial charge in [0, 0.05) is 69.3 Å². The van der Waals surface area contributed by atoms with E-state index in [9.17, 15) is 9.18 Å². The number of halogens is 1. The largest absolute Gasteiger partial charge is 0.489 e. The van der Waals surface area contributed by atoms with Gasteiger partial charge in [0.05, 0.1) is 0 Å². The molecular weight excluding hydrogens is 519 g/mol. The van der Waals surface area contributed by atoms with Crippen LogP contribution in [0.1, 0.15) is 19.4 Å². The molecule has 0 atom stereocenters. The third-order valence-corrected chi connectivity index (χ3v) is 6.69. The zero-order chi connectivity index (χ0) is 27.9. The number of amides is 1. The first-order valence-corrected chi connectivity index (χ1v) is 13.3. The van der Waals surface area contributed by atoms with E-state index in [1.807, 2.05) is 6.07 Å². The third-order valence-electron chi connectivity index (χ3n) is 6.69. The van der Waals surface area contributed by atoms with E-state index in [1.165, 1.54) is 18.3 Å². The molecule has 3 aromatic rings. The number of nitrogens with zero attached hydrogens (tertiary/aromatic N) is 4. The van der Waals surface area contributed by atoms with Crippen molar-refractivity contribution >= 4 is 17.7 Å². The minimum Gasteiger partial charge on any atom is -0.489 e. The monoisotopic (exact) mass is 552 g/mol. The highest BCUT2D eigenvalue weighted by Gasteiger charge is 2.19. The Bertz CT molecular complexity index is 1320. The fourth-order valence-corrected chi connectivity index (χ4v) is 4.43. The number of nitrogens with one attached hydrogen (secondary N) is 2. The third kappa shape index (κ3) is 7.27. The van der Waals surface area contributed by atoms with Gasteiger partial charge in [0.1, 0.15) is 6.61 Å². The van der Waals surface area contributed by atoms with E-state index in [-0.39, 0.29) is 30.9 Å². The van der Waals surface area contributed by atoms with Gasteiger partial charge in [-0.2, -0.15) is 4.98 Å². The Labute approximate surface area is 232 Å². The molecule has 1 saturated heterocycles. The van der Waals surface area contributed by atoms with E-state index in [4.69, 9.17) is 18.9 Å². The van der Waals surface area contributed by atoms with E-state index >= 15 is 0 Å². The Morgan fingerprint density at radius 1 is 1.07 bits per heavy atom. The van der Waals surface area contributed by atoms with Gasteiger partial charge >= 0.3 is 6.09 Å². The lowest BCUT2D eigenvalue weighted by Crippen LogP contribution is -2.49. The van der Waals surface area contributed by atoms with Crippen molar-refractivity contribution in [3.05, 3.63) is 60.0 Å². The van der Waals surface area contributed by atoms with Gasteiger partial charge in [-0.1, -0.05) is 6.07 Å². The smallest absolute Gasteiger partial charge is 0.414 e. The number of anilines is 2. The van der Waals surface area contributed by atoms with Crippen molar-refractivity contribution in [1.82, 2.24) is 25.1 Å². The molecule has 40 heavy (non-hydrogen) atoms. The van der Waals surface area contributed by atoms with Gasteiger partial charge in [0.25, 0.3) is 0 Å². The minimum absolute atomic E-state index is 0.0374. The molecule has 2 aromatic carbocycles. The molecule has 0 aliphatic carbocycles. The van der Waals surface area contributed by atoms with E-state index in [0.717, 1.165) is 38.3 Å². The van der Waals surface area contributed by atoms with E-state index < -0.39 is 11.9 Å². The average molecular weight is 553 g/mol. The lowest BCUT2D eigenvalue weighted by Gasteiger charge is -2.36. The molecule has 2 aliphatic heterocycles. The zero-order valence-corrected chi connectivity index (χ0v) is 22.6. The molecule has 0 unspecified atom stereocenters. The second-order valence-electron chi connectivity index (χ2n) is 9.74. The van der Waals surface area contributed by atoms with E-state index in [0.29, 0.717) is 29.8 Å². The van der Waals surface area contributed by atoms with Crippen LogP contribution in [0, 0.1) is 5.82 Å². The van der Waals surface area contributed by atoms with Crippen LogP contribution in [-0.4, -0.2) is 78.0 Å². The van der Waals surface area contributed by atoms with Gasteiger partial charge in [0.2, 0.25) is 18.6 Å². The summed E-state index contributed by atoms with van der Waals surface area (Å²) in [5, 5.41) is 5.58. The lowest BCUT2D eigenvalue weighted by atomic mass is 10.2. The molecule has 212 valence electrons. The highest BCUT2D eigenvalue weighted by Crippen LogP contribution is 2.32. The van der Waals surface area contributed by atoms with Crippen LogP contribution in [0.4, 0.5) is 20.8 Å². The topological polar surface area (TPSA) is 110 Å². The Kier molecular flexibility index (Phi) is 8.77. The highest BCUT2D eigenvalue weighted by molar-refractivity contribution is 5.70. The van der Waals surface area contributed by atoms with Crippen molar-refractivity contribution in [1.29, 1.82) is 0 Å². The molecule has 0 saturated carbocycles. The molecule has 2 N–H and O–H groups in total. The molecule has 11 nitrogen and oxygen atoms in total. The summed E-state index contributed by atoms with van der Waals surface area (Å²) in [7, 11) is 0. The number of hydrogen-bond acceptors (Lipinski definition) is 10. The summed E-state index contributed by atoms with van der Waals surface area (Å²) in [6, 6.07) is 12.0. The summed E-state index contributed by atoms with van der Waals surface area (Å²) in [6.45, 7) is 10.0. The van der Waals surface area contributed by atoms with Crippen molar-refractivity contribution in [2.75, 3.05) is 51.4 Å². The van der Waals surface area contributed by atoms with Crippen LogP contribution in [0.5, 0.6) is 23.1 Å². The van der Waals surface area contributed by atoms with Gasteiger partial charge in [-0.25, -0.2) is 14.2 Å². The molecular formula is C28H33FN6O5. The quantitative estimate of drug-likeness (QED) is 0.386. The SMILES string of the molecule is CC(C)N1CCN(CCOc2ccc(Nc3nccc(OC(=O)NCc4ccc5c(c4)OCO5)n3)cc2F)CC1. The first-order valence-electron chi connectivity index (χ1n) is 13.3. The Morgan fingerprint density at radius 2 is 1.90 bits per heavy atom. The standard InChI is InChI=1S/C28H33FN6O5/c1-19(2)35-11-9-34(10-12-35)13-14-37-23-6-4-21(16-22(23)29)32-27-30-8-7-26(33-27)40-28(36)31-17-20-3-5-24-25(15-20)39-18-38-24/h3-8,15-16,19H,9-14,17-18H2,1-2H3,(H,31,36)(H,30,32,33). The number of fused-ring (bicyclic) bond motifs is 1. The maximum atomic E-state index is 14.7. The summed E-state index contributed by atoms with van der Waals surface area (Å²) in [6.07, 6.45) is 0.751. The Hall–Kier alpha value is -4.16. The molecule has 2 aliphatic rings. The van der Waals surface area contributed by atoms with Crippen LogP contribution in [-0.2, 0) is 6.54 Å². The molecule has 1 fully saturated rings. The van der Waals surface area contributed by atoms with E-state index in [1.54, 1.807) is 24.3 Å². The summed E-state index contributed by atoms with van der Waals surface area (Å²) in [5.74, 6) is 1.17. The number of carbonyl (C=O) groups is 1. The highest BCUT2D eigenvalue weighted by atomic mass is 19.1. The summed E-state index contributed by atoms with van der Waals surface area (Å²) in [5.41, 5.74) is 1.25. The first kappa shape index (κ1) is 27.4. The molecule has 0 spiro atoms. The van der Waals surface area contributed by atoms with Gasteiger partial charge in [-0.3, -0.25) is 9.80 Å². The number of rotatable bonds is 10. The molecule has 1 aromatic heterocycles. The van der Waals surface area contributed by atoms with Crippen LogP contribution >= 0.6 is 0 Å². The summed E-state index contributed by atoms with van der Waals surface area (Å²) in [4.78, 5) is 25.3. The first-order chi connectivity index (χ1) is 19.4. The maximum Gasteiger partial charge on any atom is 0.414 e. The van der Waals surface area contributed by atoms with E-state index in [2.05, 4.69) is 44.2 Å². The van der Waals surface area contributed by atoms with Crippen molar-refractivity contribution in [3.63, 3.8) is 0 Å². The average Bonchev–Trinajstić information content (AvgIpc) is 3.42. The minimum atomic E-state index is -0.684. The fourth-order valence-electron chi connectivity index (χ4n) is 4.43. The van der Waals surface area contributed by atoms with Crippen molar-refractivity contribution in [3.8, 4) is 23.1 Å². The van der Waals surface area contributed by atoms with Crippen molar-refractivity contribution in [2.24, 2.45) is 0 Å². The van der Waals surface area contributed by atoms with Gasteiger partial charge in [0.15, 0.2) is 23.1 Å². The normalized spacial score (nSPS) is 15.2. The molecule has 0 bridgehead atoms. The predicted octanol–water partition coefficient (Wildman–Crippen LogP) is 3.78. The zero-order valence-electron chi connectivity index (χ0n) is 22.6. The second kappa shape index (κ2) is 12.8. The summed E-state index contributed by atoms with van der Waals surface area (Å²) < 4.78 is 36.3. The summed E-state index contributed by atoms with van der Waals surface area (Å²) >= 11 is 0. The van der Waals surface area contributed by atoms with Crippen LogP contribution in [0.2, 0.25) is 0 Å². The van der Waals surface area contributed by atoms with Crippen LogP contribution in [0.25, 0.3) is 0 Å².